The van der Waals surface area contributed by atoms with Gasteiger partial charge in [-0.1, -0.05) is 61.5 Å². The van der Waals surface area contributed by atoms with Crippen molar-refractivity contribution >= 4 is 5.78 Å². The second kappa shape index (κ2) is 10.9. The molecule has 0 radical (unpaired) electrons. The van der Waals surface area contributed by atoms with Gasteiger partial charge in [0.05, 0.1) is 0 Å². The van der Waals surface area contributed by atoms with E-state index in [1.165, 1.54) is 37.6 Å². The van der Waals surface area contributed by atoms with Crippen LogP contribution in [0, 0.1) is 0 Å². The summed E-state index contributed by atoms with van der Waals surface area (Å²) >= 11 is 0. The third-order valence-electron chi connectivity index (χ3n) is 2.47. The highest BCUT2D eigenvalue weighted by Gasteiger charge is 1.95. The maximum Gasteiger partial charge on any atom is 0.126 e. The summed E-state index contributed by atoms with van der Waals surface area (Å²) < 4.78 is 0. The molecular weight excluding hydrogens is 246 g/mol. The number of Topliss-reactive ketones (excluding diaryl/α,β-unsaturated/α-hetero) is 1. The van der Waals surface area contributed by atoms with E-state index in [1.807, 2.05) is 6.07 Å². The molecule has 0 unspecified atom stereocenters. The molecule has 0 heterocycles. The number of benzene rings is 2. The molecule has 20 heavy (non-hydrogen) atoms. The molecular formula is C18H25NO. The fourth-order valence-corrected chi connectivity index (χ4v) is 1.56. The van der Waals surface area contributed by atoms with E-state index >= 15 is 0 Å². The second-order valence-electron chi connectivity index (χ2n) is 4.32. The number of hydrogen-bond acceptors (Lipinski definition) is 2. The molecule has 2 N–H and O–H groups in total. The summed E-state index contributed by atoms with van der Waals surface area (Å²) in [6.45, 7) is 5.23. The van der Waals surface area contributed by atoms with Gasteiger partial charge in [0, 0.05) is 0 Å². The minimum Gasteiger partial charge on any atom is -0.333 e. The van der Waals surface area contributed by atoms with Crippen molar-refractivity contribution in [3.8, 4) is 11.1 Å². The van der Waals surface area contributed by atoms with Crippen molar-refractivity contribution in [1.29, 1.82) is 0 Å². The van der Waals surface area contributed by atoms with Crippen LogP contribution in [0.3, 0.4) is 0 Å². The number of ketones is 1. The van der Waals surface area contributed by atoms with Crippen LogP contribution in [0.5, 0.6) is 0 Å². The Balaban J connectivity index is 0.000000521. The summed E-state index contributed by atoms with van der Waals surface area (Å²) in [6.07, 6.45) is 1.11. The molecule has 0 amide bonds. The van der Waals surface area contributed by atoms with Crippen LogP contribution in [-0.2, 0) is 11.2 Å². The molecule has 0 bridgehead atoms. The SMILES string of the molecule is CC(C)=O.CCc1ccc(-c2ccccc2)cc1.CN. The molecule has 0 aliphatic heterocycles. The van der Waals surface area contributed by atoms with Crippen LogP contribution in [0.2, 0.25) is 0 Å². The molecule has 0 spiro atoms. The van der Waals surface area contributed by atoms with E-state index in [1.54, 1.807) is 0 Å². The Bertz CT molecular complexity index is 471. The zero-order chi connectivity index (χ0) is 15.4. The van der Waals surface area contributed by atoms with E-state index in [0.29, 0.717) is 0 Å². The van der Waals surface area contributed by atoms with Crippen LogP contribution < -0.4 is 5.73 Å². The van der Waals surface area contributed by atoms with Gasteiger partial charge >= 0.3 is 0 Å². The van der Waals surface area contributed by atoms with E-state index in [0.717, 1.165) is 6.42 Å². The number of rotatable bonds is 2. The van der Waals surface area contributed by atoms with E-state index < -0.39 is 0 Å². The summed E-state index contributed by atoms with van der Waals surface area (Å²) in [7, 11) is 1.50. The maximum absolute atomic E-state index is 9.44. The maximum atomic E-state index is 9.44. The molecule has 0 saturated carbocycles. The van der Waals surface area contributed by atoms with Crippen molar-refractivity contribution in [1.82, 2.24) is 0 Å². The molecule has 108 valence electrons. The molecule has 2 aromatic rings. The molecule has 0 aromatic heterocycles. The van der Waals surface area contributed by atoms with Crippen molar-refractivity contribution in [2.75, 3.05) is 7.05 Å². The van der Waals surface area contributed by atoms with Crippen LogP contribution in [0.1, 0.15) is 26.3 Å². The van der Waals surface area contributed by atoms with Gasteiger partial charge in [-0.25, -0.2) is 0 Å². The van der Waals surface area contributed by atoms with Gasteiger partial charge in [-0.05, 0) is 44.0 Å². The lowest BCUT2D eigenvalue weighted by atomic mass is 10.0. The third kappa shape index (κ3) is 7.49. The van der Waals surface area contributed by atoms with E-state index in [-0.39, 0.29) is 5.78 Å². The zero-order valence-corrected chi connectivity index (χ0v) is 12.9. The molecule has 0 aliphatic carbocycles. The highest BCUT2D eigenvalue weighted by Crippen LogP contribution is 2.19. The van der Waals surface area contributed by atoms with Gasteiger partial charge in [0.1, 0.15) is 5.78 Å². The van der Waals surface area contributed by atoms with Gasteiger partial charge < -0.3 is 10.5 Å². The Kier molecular flexibility index (Phi) is 9.89. The van der Waals surface area contributed by atoms with E-state index in [9.17, 15) is 4.79 Å². The van der Waals surface area contributed by atoms with Crippen molar-refractivity contribution in [3.63, 3.8) is 0 Å². The molecule has 2 aromatic carbocycles. The quantitative estimate of drug-likeness (QED) is 0.894. The average molecular weight is 271 g/mol. The highest BCUT2D eigenvalue weighted by atomic mass is 16.1. The Hall–Kier alpha value is -1.93. The van der Waals surface area contributed by atoms with E-state index in [2.05, 4.69) is 61.2 Å². The minimum absolute atomic E-state index is 0.167. The van der Waals surface area contributed by atoms with E-state index in [4.69, 9.17) is 0 Å². The number of carbonyl (C=O) groups is 1. The second-order valence-corrected chi connectivity index (χ2v) is 4.32. The molecule has 2 rings (SSSR count). The fourth-order valence-electron chi connectivity index (χ4n) is 1.56. The summed E-state index contributed by atoms with van der Waals surface area (Å²) in [5, 5.41) is 0. The van der Waals surface area contributed by atoms with Crippen LogP contribution in [0.4, 0.5) is 0 Å². The number of nitrogens with two attached hydrogens (primary N) is 1. The fraction of sp³-hybridized carbons (Fsp3) is 0.278. The van der Waals surface area contributed by atoms with Crippen molar-refractivity contribution < 1.29 is 4.79 Å². The Morgan fingerprint density at radius 3 is 1.65 bits per heavy atom. The van der Waals surface area contributed by atoms with Gasteiger partial charge in [-0.15, -0.1) is 0 Å². The number of hydrogen-bond donors (Lipinski definition) is 1. The zero-order valence-electron chi connectivity index (χ0n) is 12.9. The van der Waals surface area contributed by atoms with Crippen molar-refractivity contribution in [2.45, 2.75) is 27.2 Å². The Morgan fingerprint density at radius 1 is 0.850 bits per heavy atom. The molecule has 0 aliphatic rings. The number of carbonyl (C=O) groups excluding carboxylic acids is 1. The van der Waals surface area contributed by atoms with Crippen LogP contribution in [0.25, 0.3) is 11.1 Å². The summed E-state index contributed by atoms with van der Waals surface area (Å²) in [5.74, 6) is 0.167. The normalized spacial score (nSPS) is 8.65. The predicted octanol–water partition coefficient (Wildman–Crippen LogP) is 4.09. The first-order valence-electron chi connectivity index (χ1n) is 6.82. The standard InChI is InChI=1S/C14H14.C3H6O.CH5N/c1-2-12-8-10-14(11-9-12)13-6-4-3-5-7-13;1-3(2)4;1-2/h3-11H,2H2,1H3;1-2H3;2H2,1H3. The monoisotopic (exact) mass is 271 g/mol. The smallest absolute Gasteiger partial charge is 0.126 e. The molecule has 0 atom stereocenters. The van der Waals surface area contributed by atoms with Gasteiger partial charge in [0.15, 0.2) is 0 Å². The molecule has 0 fully saturated rings. The van der Waals surface area contributed by atoms with Crippen molar-refractivity contribution in [2.24, 2.45) is 5.73 Å². The predicted molar refractivity (Wildman–Crippen MR) is 87.7 cm³/mol. The average Bonchev–Trinajstić information content (AvgIpc) is 2.50. The lowest BCUT2D eigenvalue weighted by molar-refractivity contribution is -0.114. The minimum atomic E-state index is 0.167. The largest absolute Gasteiger partial charge is 0.333 e. The van der Waals surface area contributed by atoms with Gasteiger partial charge in [-0.2, -0.15) is 0 Å². The highest BCUT2D eigenvalue weighted by molar-refractivity contribution is 5.72. The molecule has 2 heteroatoms. The van der Waals surface area contributed by atoms with Gasteiger partial charge in [0.2, 0.25) is 0 Å². The summed E-state index contributed by atoms with van der Waals surface area (Å²) in [5.41, 5.74) is 8.47. The summed E-state index contributed by atoms with van der Waals surface area (Å²) in [6, 6.07) is 19.2. The topological polar surface area (TPSA) is 43.1 Å². The van der Waals surface area contributed by atoms with Crippen LogP contribution >= 0.6 is 0 Å². The van der Waals surface area contributed by atoms with Gasteiger partial charge in [-0.3, -0.25) is 0 Å². The molecule has 0 saturated heterocycles. The first-order chi connectivity index (χ1) is 9.63. The lowest BCUT2D eigenvalue weighted by Gasteiger charge is -2.02. The van der Waals surface area contributed by atoms with Crippen molar-refractivity contribution in [3.05, 3.63) is 60.2 Å². The van der Waals surface area contributed by atoms with Crippen LogP contribution in [0.15, 0.2) is 54.6 Å². The first kappa shape index (κ1) is 18.1. The molecule has 2 nitrogen and oxygen atoms in total. The van der Waals surface area contributed by atoms with Crippen LogP contribution in [-0.4, -0.2) is 12.8 Å². The Labute approximate surface area is 122 Å². The lowest BCUT2D eigenvalue weighted by Crippen LogP contribution is -1.80. The van der Waals surface area contributed by atoms with Gasteiger partial charge in [0.25, 0.3) is 0 Å². The number of aryl methyl sites for hydroxylation is 1. The third-order valence-corrected chi connectivity index (χ3v) is 2.47. The summed E-state index contributed by atoms with van der Waals surface area (Å²) in [4.78, 5) is 9.44. The first-order valence-corrected chi connectivity index (χ1v) is 6.82. The Morgan fingerprint density at radius 2 is 1.25 bits per heavy atom.